The summed E-state index contributed by atoms with van der Waals surface area (Å²) in [6.45, 7) is 11.8. The van der Waals surface area contributed by atoms with Crippen molar-refractivity contribution in [2.75, 3.05) is 13.2 Å². The van der Waals surface area contributed by atoms with Gasteiger partial charge in [0.15, 0.2) is 0 Å². The Kier molecular flexibility index (Phi) is 9.02. The van der Waals surface area contributed by atoms with Crippen LogP contribution in [0.15, 0.2) is 0 Å². The first-order chi connectivity index (χ1) is 8.81. The van der Waals surface area contributed by atoms with Crippen molar-refractivity contribution in [3.05, 3.63) is 0 Å². The molecule has 0 aliphatic carbocycles. The van der Waals surface area contributed by atoms with Crippen LogP contribution in [0.5, 0.6) is 0 Å². The van der Waals surface area contributed by atoms with E-state index in [1.807, 2.05) is 20.8 Å². The van der Waals surface area contributed by atoms with Gasteiger partial charge in [-0.2, -0.15) is 0 Å². The summed E-state index contributed by atoms with van der Waals surface area (Å²) in [7, 11) is 0. The standard InChI is InChI=1S/C15H32N2O2/c1-6-8-13(4)11-19-10-7-9-15(5,14(16)18)17-12(2)3/h12-13,17H,6-11H2,1-5H3,(H2,16,18). The molecular formula is C15H32N2O2. The smallest absolute Gasteiger partial charge is 0.237 e. The zero-order valence-electron chi connectivity index (χ0n) is 13.3. The van der Waals surface area contributed by atoms with Gasteiger partial charge in [0.25, 0.3) is 0 Å². The quantitative estimate of drug-likeness (QED) is 0.568. The number of ether oxygens (including phenoxy) is 1. The Morgan fingerprint density at radius 2 is 2.00 bits per heavy atom. The maximum absolute atomic E-state index is 11.5. The first-order valence-corrected chi connectivity index (χ1v) is 7.47. The summed E-state index contributed by atoms with van der Waals surface area (Å²) < 4.78 is 5.65. The van der Waals surface area contributed by atoms with E-state index in [1.54, 1.807) is 0 Å². The summed E-state index contributed by atoms with van der Waals surface area (Å²) in [5.41, 5.74) is 4.85. The molecule has 2 unspecified atom stereocenters. The van der Waals surface area contributed by atoms with Gasteiger partial charge in [0.2, 0.25) is 5.91 Å². The highest BCUT2D eigenvalue weighted by atomic mass is 16.5. The van der Waals surface area contributed by atoms with Crippen molar-refractivity contribution < 1.29 is 9.53 Å². The number of carbonyl (C=O) groups excluding carboxylic acids is 1. The highest BCUT2D eigenvalue weighted by Gasteiger charge is 2.30. The van der Waals surface area contributed by atoms with Gasteiger partial charge in [0, 0.05) is 19.3 Å². The lowest BCUT2D eigenvalue weighted by atomic mass is 9.94. The first kappa shape index (κ1) is 18.4. The van der Waals surface area contributed by atoms with Gasteiger partial charge in [-0.1, -0.05) is 20.3 Å². The normalized spacial score (nSPS) is 16.3. The molecule has 0 aromatic carbocycles. The predicted molar refractivity (Wildman–Crippen MR) is 80.0 cm³/mol. The molecule has 0 heterocycles. The second-order valence-electron chi connectivity index (χ2n) is 6.07. The molecule has 0 rings (SSSR count). The third kappa shape index (κ3) is 8.22. The molecule has 0 aromatic rings. The van der Waals surface area contributed by atoms with Crippen molar-refractivity contribution >= 4 is 5.91 Å². The topological polar surface area (TPSA) is 64.3 Å². The summed E-state index contributed by atoms with van der Waals surface area (Å²) in [5, 5.41) is 3.25. The molecule has 0 fully saturated rings. The van der Waals surface area contributed by atoms with Gasteiger partial charge in [0.1, 0.15) is 0 Å². The van der Waals surface area contributed by atoms with E-state index in [2.05, 4.69) is 19.2 Å². The summed E-state index contributed by atoms with van der Waals surface area (Å²) in [6, 6.07) is 0.239. The average Bonchev–Trinajstić information content (AvgIpc) is 2.27. The molecule has 0 aliphatic rings. The van der Waals surface area contributed by atoms with Crippen LogP contribution in [0.4, 0.5) is 0 Å². The fourth-order valence-corrected chi connectivity index (χ4v) is 2.29. The Bertz CT molecular complexity index is 257. The van der Waals surface area contributed by atoms with Crippen molar-refractivity contribution in [3.8, 4) is 0 Å². The summed E-state index contributed by atoms with van der Waals surface area (Å²) in [5.74, 6) is 0.321. The number of hydrogen-bond donors (Lipinski definition) is 2. The molecule has 0 bridgehead atoms. The minimum atomic E-state index is -0.632. The summed E-state index contributed by atoms with van der Waals surface area (Å²) in [4.78, 5) is 11.5. The molecule has 0 saturated carbocycles. The van der Waals surface area contributed by atoms with Crippen LogP contribution in [-0.2, 0) is 9.53 Å². The largest absolute Gasteiger partial charge is 0.381 e. The lowest BCUT2D eigenvalue weighted by Gasteiger charge is -2.29. The van der Waals surface area contributed by atoms with Gasteiger partial charge in [-0.05, 0) is 46.0 Å². The second-order valence-corrected chi connectivity index (χ2v) is 6.07. The van der Waals surface area contributed by atoms with Crippen molar-refractivity contribution in [1.29, 1.82) is 0 Å². The minimum Gasteiger partial charge on any atom is -0.381 e. The van der Waals surface area contributed by atoms with Gasteiger partial charge in [-0.25, -0.2) is 0 Å². The van der Waals surface area contributed by atoms with Gasteiger partial charge in [-0.15, -0.1) is 0 Å². The van der Waals surface area contributed by atoms with Gasteiger partial charge in [-0.3, -0.25) is 4.79 Å². The third-order valence-corrected chi connectivity index (χ3v) is 3.30. The number of primary amides is 1. The van der Waals surface area contributed by atoms with Crippen molar-refractivity contribution in [1.82, 2.24) is 5.32 Å². The predicted octanol–water partition coefficient (Wildman–Crippen LogP) is 2.46. The molecule has 0 radical (unpaired) electrons. The molecule has 19 heavy (non-hydrogen) atoms. The maximum atomic E-state index is 11.5. The molecule has 2 atom stereocenters. The van der Waals surface area contributed by atoms with Crippen LogP contribution < -0.4 is 11.1 Å². The molecule has 0 saturated heterocycles. The first-order valence-electron chi connectivity index (χ1n) is 7.47. The van der Waals surface area contributed by atoms with Crippen LogP contribution in [0.2, 0.25) is 0 Å². The van der Waals surface area contributed by atoms with Crippen LogP contribution in [-0.4, -0.2) is 30.7 Å². The fourth-order valence-electron chi connectivity index (χ4n) is 2.29. The van der Waals surface area contributed by atoms with E-state index in [4.69, 9.17) is 10.5 Å². The highest BCUT2D eigenvalue weighted by Crippen LogP contribution is 2.14. The molecule has 4 nitrogen and oxygen atoms in total. The van der Waals surface area contributed by atoms with Crippen molar-refractivity contribution in [3.63, 3.8) is 0 Å². The summed E-state index contributed by atoms with van der Waals surface area (Å²) in [6.07, 6.45) is 3.96. The molecule has 114 valence electrons. The number of carbonyl (C=O) groups is 1. The van der Waals surface area contributed by atoms with Crippen LogP contribution in [0, 0.1) is 5.92 Å². The van der Waals surface area contributed by atoms with E-state index in [1.165, 1.54) is 12.8 Å². The van der Waals surface area contributed by atoms with Gasteiger partial charge < -0.3 is 15.8 Å². The number of nitrogens with one attached hydrogen (secondary N) is 1. The highest BCUT2D eigenvalue weighted by molar-refractivity contribution is 5.84. The minimum absolute atomic E-state index is 0.239. The summed E-state index contributed by atoms with van der Waals surface area (Å²) >= 11 is 0. The Labute approximate surface area is 118 Å². The number of hydrogen-bond acceptors (Lipinski definition) is 3. The van der Waals surface area contributed by atoms with Gasteiger partial charge in [0.05, 0.1) is 5.54 Å². The Morgan fingerprint density at radius 3 is 2.47 bits per heavy atom. The molecule has 3 N–H and O–H groups in total. The third-order valence-electron chi connectivity index (χ3n) is 3.30. The second kappa shape index (κ2) is 9.32. The van der Waals surface area contributed by atoms with E-state index < -0.39 is 5.54 Å². The molecule has 0 aromatic heterocycles. The van der Waals surface area contributed by atoms with E-state index in [9.17, 15) is 4.79 Å². The monoisotopic (exact) mass is 272 g/mol. The molecule has 1 amide bonds. The molecular weight excluding hydrogens is 240 g/mol. The lowest BCUT2D eigenvalue weighted by Crippen LogP contribution is -2.55. The Hall–Kier alpha value is -0.610. The number of amides is 1. The fraction of sp³-hybridized carbons (Fsp3) is 0.933. The zero-order chi connectivity index (χ0) is 14.9. The van der Waals surface area contributed by atoms with E-state index in [0.717, 1.165) is 13.0 Å². The SMILES string of the molecule is CCCC(C)COCCCC(C)(NC(C)C)C(N)=O. The Morgan fingerprint density at radius 1 is 1.37 bits per heavy atom. The zero-order valence-corrected chi connectivity index (χ0v) is 13.3. The molecule has 0 spiro atoms. The van der Waals surface area contributed by atoms with E-state index >= 15 is 0 Å². The van der Waals surface area contributed by atoms with Crippen molar-refractivity contribution in [2.45, 2.75) is 71.9 Å². The van der Waals surface area contributed by atoms with Crippen LogP contribution in [0.3, 0.4) is 0 Å². The average molecular weight is 272 g/mol. The van der Waals surface area contributed by atoms with E-state index in [0.29, 0.717) is 18.9 Å². The van der Waals surface area contributed by atoms with Gasteiger partial charge >= 0.3 is 0 Å². The Balaban J connectivity index is 3.91. The van der Waals surface area contributed by atoms with Crippen LogP contribution in [0.1, 0.15) is 60.3 Å². The maximum Gasteiger partial charge on any atom is 0.237 e. The van der Waals surface area contributed by atoms with Crippen molar-refractivity contribution in [2.24, 2.45) is 11.7 Å². The molecule has 4 heteroatoms. The lowest BCUT2D eigenvalue weighted by molar-refractivity contribution is -0.124. The number of rotatable bonds is 11. The molecule has 0 aliphatic heterocycles. The van der Waals surface area contributed by atoms with Crippen LogP contribution in [0.25, 0.3) is 0 Å². The number of nitrogens with two attached hydrogens (primary N) is 1. The van der Waals surface area contributed by atoms with E-state index in [-0.39, 0.29) is 11.9 Å². The van der Waals surface area contributed by atoms with Crippen LogP contribution >= 0.6 is 0 Å².